The summed E-state index contributed by atoms with van der Waals surface area (Å²) in [6.07, 6.45) is 7.62. The van der Waals surface area contributed by atoms with Crippen molar-refractivity contribution in [3.8, 4) is 11.5 Å². The fourth-order valence-electron chi connectivity index (χ4n) is 2.70. The number of hydrogen-bond donors (Lipinski definition) is 0. The molecule has 0 amide bonds. The van der Waals surface area contributed by atoms with Crippen LogP contribution in [0.15, 0.2) is 48.1 Å². The van der Waals surface area contributed by atoms with Crippen LogP contribution in [0.1, 0.15) is 40.2 Å². The molecule has 1 aromatic carbocycles. The standard InChI is InChI=1S/C22H28O4/c1-6-24-18-10-11-20-19(13-18)17(14-22(4,5)15-26-20)9-8-16(3)12-21(23)25-7-2/h8-14H,6-7,15H2,1-5H3/b9-8+,16-12+. The van der Waals surface area contributed by atoms with Gasteiger partial charge in [0, 0.05) is 17.1 Å². The van der Waals surface area contributed by atoms with Crippen LogP contribution in [0.3, 0.4) is 0 Å². The predicted octanol–water partition coefficient (Wildman–Crippen LogP) is 4.95. The maximum Gasteiger partial charge on any atom is 0.330 e. The molecule has 0 aromatic heterocycles. The van der Waals surface area contributed by atoms with Gasteiger partial charge in [-0.2, -0.15) is 0 Å². The molecular formula is C22H28O4. The smallest absolute Gasteiger partial charge is 0.330 e. The van der Waals surface area contributed by atoms with Gasteiger partial charge in [0.05, 0.1) is 19.8 Å². The van der Waals surface area contributed by atoms with Crippen LogP contribution in [0, 0.1) is 5.41 Å². The third-order valence-electron chi connectivity index (χ3n) is 3.88. The summed E-state index contributed by atoms with van der Waals surface area (Å²) in [6.45, 7) is 11.5. The van der Waals surface area contributed by atoms with Crippen molar-refractivity contribution >= 4 is 11.5 Å². The molecule has 1 aliphatic rings. The van der Waals surface area contributed by atoms with Crippen LogP contribution in [0.25, 0.3) is 5.57 Å². The maximum atomic E-state index is 11.6. The first kappa shape index (κ1) is 19.8. The Morgan fingerprint density at radius 2 is 2.04 bits per heavy atom. The van der Waals surface area contributed by atoms with E-state index in [1.54, 1.807) is 6.92 Å². The molecule has 0 atom stereocenters. The van der Waals surface area contributed by atoms with Crippen LogP contribution < -0.4 is 9.47 Å². The van der Waals surface area contributed by atoms with E-state index in [2.05, 4.69) is 19.9 Å². The SMILES string of the molecule is CCOC(=O)/C=C(C)/C=C/C1=CC(C)(C)COc2ccc(OCC)cc21. The second-order valence-corrected chi connectivity index (χ2v) is 6.94. The third-order valence-corrected chi connectivity index (χ3v) is 3.88. The molecular weight excluding hydrogens is 328 g/mol. The van der Waals surface area contributed by atoms with E-state index in [1.165, 1.54) is 6.08 Å². The molecule has 0 saturated heterocycles. The van der Waals surface area contributed by atoms with Crippen LogP contribution in [0.5, 0.6) is 11.5 Å². The lowest BCUT2D eigenvalue weighted by Crippen LogP contribution is -2.17. The molecule has 0 N–H and O–H groups in total. The highest BCUT2D eigenvalue weighted by atomic mass is 16.5. The predicted molar refractivity (Wildman–Crippen MR) is 104 cm³/mol. The first-order valence-electron chi connectivity index (χ1n) is 9.00. The zero-order valence-electron chi connectivity index (χ0n) is 16.3. The number of allylic oxidation sites excluding steroid dienone is 4. The highest BCUT2D eigenvalue weighted by Gasteiger charge is 2.23. The molecule has 1 heterocycles. The number of carbonyl (C=O) groups is 1. The Bertz CT molecular complexity index is 739. The number of fused-ring (bicyclic) bond motifs is 1. The molecule has 1 aliphatic heterocycles. The zero-order valence-corrected chi connectivity index (χ0v) is 16.3. The van der Waals surface area contributed by atoms with E-state index in [9.17, 15) is 4.79 Å². The summed E-state index contributed by atoms with van der Waals surface area (Å²) < 4.78 is 16.6. The molecule has 4 nitrogen and oxygen atoms in total. The summed E-state index contributed by atoms with van der Waals surface area (Å²) in [5.74, 6) is 1.32. The number of carbonyl (C=O) groups excluding carboxylic acids is 1. The van der Waals surface area contributed by atoms with Crippen molar-refractivity contribution in [2.45, 2.75) is 34.6 Å². The molecule has 0 aliphatic carbocycles. The van der Waals surface area contributed by atoms with E-state index in [4.69, 9.17) is 14.2 Å². The van der Waals surface area contributed by atoms with Crippen LogP contribution in [-0.4, -0.2) is 25.8 Å². The molecule has 0 bridgehead atoms. The Morgan fingerprint density at radius 3 is 2.73 bits per heavy atom. The fourth-order valence-corrected chi connectivity index (χ4v) is 2.70. The first-order valence-corrected chi connectivity index (χ1v) is 9.00. The fraction of sp³-hybridized carbons (Fsp3) is 0.409. The molecule has 2 rings (SSSR count). The molecule has 0 fully saturated rings. The average Bonchev–Trinajstić information content (AvgIpc) is 2.70. The van der Waals surface area contributed by atoms with Gasteiger partial charge in [-0.3, -0.25) is 0 Å². The maximum absolute atomic E-state index is 11.6. The van der Waals surface area contributed by atoms with Gasteiger partial charge in [0.2, 0.25) is 0 Å². The Morgan fingerprint density at radius 1 is 1.27 bits per heavy atom. The zero-order chi connectivity index (χ0) is 19.2. The van der Waals surface area contributed by atoms with Crippen molar-refractivity contribution in [3.05, 3.63) is 53.6 Å². The highest BCUT2D eigenvalue weighted by Crippen LogP contribution is 2.37. The largest absolute Gasteiger partial charge is 0.494 e. The van der Waals surface area contributed by atoms with E-state index in [0.29, 0.717) is 19.8 Å². The van der Waals surface area contributed by atoms with Gasteiger partial charge in [0.25, 0.3) is 0 Å². The number of benzene rings is 1. The van der Waals surface area contributed by atoms with Crippen LogP contribution in [0.2, 0.25) is 0 Å². The van der Waals surface area contributed by atoms with Gasteiger partial charge in [-0.25, -0.2) is 4.79 Å². The van der Waals surface area contributed by atoms with Crippen molar-refractivity contribution < 1.29 is 19.0 Å². The van der Waals surface area contributed by atoms with Crippen molar-refractivity contribution in [1.29, 1.82) is 0 Å². The van der Waals surface area contributed by atoms with Gasteiger partial charge >= 0.3 is 5.97 Å². The second-order valence-electron chi connectivity index (χ2n) is 6.94. The Balaban J connectivity index is 2.38. The van der Waals surface area contributed by atoms with Crippen LogP contribution in [0.4, 0.5) is 0 Å². The molecule has 1 aromatic rings. The molecule has 0 saturated carbocycles. The molecule has 0 spiro atoms. The molecule has 0 unspecified atom stereocenters. The second kappa shape index (κ2) is 8.75. The van der Waals surface area contributed by atoms with E-state index < -0.39 is 0 Å². The Hall–Kier alpha value is -2.49. The summed E-state index contributed by atoms with van der Waals surface area (Å²) >= 11 is 0. The van der Waals surface area contributed by atoms with Gasteiger partial charge in [-0.1, -0.05) is 32.1 Å². The van der Waals surface area contributed by atoms with Gasteiger partial charge in [-0.05, 0) is 50.1 Å². The van der Waals surface area contributed by atoms with Crippen LogP contribution in [-0.2, 0) is 9.53 Å². The van der Waals surface area contributed by atoms with Crippen LogP contribution >= 0.6 is 0 Å². The van der Waals surface area contributed by atoms with E-state index in [0.717, 1.165) is 28.2 Å². The quantitative estimate of drug-likeness (QED) is 0.411. The Kier molecular flexibility index (Phi) is 6.67. The third kappa shape index (κ3) is 5.51. The van der Waals surface area contributed by atoms with Crippen molar-refractivity contribution in [2.75, 3.05) is 19.8 Å². The molecule has 4 heteroatoms. The minimum absolute atomic E-state index is 0.108. The molecule has 140 valence electrons. The lowest BCUT2D eigenvalue weighted by molar-refractivity contribution is -0.137. The molecule has 26 heavy (non-hydrogen) atoms. The van der Waals surface area contributed by atoms with Gasteiger partial charge < -0.3 is 14.2 Å². The van der Waals surface area contributed by atoms with Crippen molar-refractivity contribution in [2.24, 2.45) is 5.41 Å². The lowest BCUT2D eigenvalue weighted by atomic mass is 9.90. The normalized spacial score (nSPS) is 16.3. The summed E-state index contributed by atoms with van der Waals surface area (Å²) in [5, 5.41) is 0. The molecule has 0 radical (unpaired) electrons. The van der Waals surface area contributed by atoms with Crippen molar-refractivity contribution in [1.82, 2.24) is 0 Å². The number of hydrogen-bond acceptors (Lipinski definition) is 4. The van der Waals surface area contributed by atoms with Gasteiger partial charge in [0.15, 0.2) is 0 Å². The summed E-state index contributed by atoms with van der Waals surface area (Å²) in [5.41, 5.74) is 2.75. The minimum atomic E-state index is -0.327. The Labute approximate surface area is 156 Å². The minimum Gasteiger partial charge on any atom is -0.494 e. The first-order chi connectivity index (χ1) is 12.3. The monoisotopic (exact) mass is 356 g/mol. The highest BCUT2D eigenvalue weighted by molar-refractivity contribution is 5.84. The van der Waals surface area contributed by atoms with E-state index in [-0.39, 0.29) is 11.4 Å². The van der Waals surface area contributed by atoms with Crippen molar-refractivity contribution in [3.63, 3.8) is 0 Å². The van der Waals surface area contributed by atoms with Gasteiger partial charge in [-0.15, -0.1) is 0 Å². The van der Waals surface area contributed by atoms with E-state index >= 15 is 0 Å². The summed E-state index contributed by atoms with van der Waals surface area (Å²) in [6, 6.07) is 5.87. The average molecular weight is 356 g/mol. The number of esters is 1. The summed E-state index contributed by atoms with van der Waals surface area (Å²) in [7, 11) is 0. The number of ether oxygens (including phenoxy) is 3. The number of rotatable bonds is 6. The van der Waals surface area contributed by atoms with E-state index in [1.807, 2.05) is 44.2 Å². The topological polar surface area (TPSA) is 44.8 Å². The van der Waals surface area contributed by atoms with Gasteiger partial charge in [0.1, 0.15) is 11.5 Å². The summed E-state index contributed by atoms with van der Waals surface area (Å²) in [4.78, 5) is 11.6. The lowest BCUT2D eigenvalue weighted by Gasteiger charge is -2.18.